The molecule has 0 bridgehead atoms. The molecule has 5 heteroatoms. The zero-order chi connectivity index (χ0) is 14.5. The lowest BCUT2D eigenvalue weighted by molar-refractivity contribution is 0.0526. The third kappa shape index (κ3) is 2.93. The monoisotopic (exact) mass is 274 g/mol. The topological polar surface area (TPSA) is 42.4 Å². The molecule has 0 unspecified atom stereocenters. The number of aromatic nitrogens is 1. The lowest BCUT2D eigenvalue weighted by Crippen LogP contribution is -2.13. The molecule has 4 nitrogen and oxygen atoms in total. The third-order valence-corrected chi connectivity index (χ3v) is 2.82. The number of pyridine rings is 1. The molecule has 0 aliphatic heterocycles. The van der Waals surface area contributed by atoms with E-state index in [-0.39, 0.29) is 5.82 Å². The number of para-hydroxylation sites is 1. The molecule has 0 N–H and O–H groups in total. The Morgan fingerprint density at radius 1 is 1.30 bits per heavy atom. The molecular formula is C15H15FN2O2. The van der Waals surface area contributed by atoms with Crippen molar-refractivity contribution < 1.29 is 13.9 Å². The molecule has 0 aliphatic rings. The summed E-state index contributed by atoms with van der Waals surface area (Å²) >= 11 is 0. The predicted molar refractivity (Wildman–Crippen MR) is 74.7 cm³/mol. The zero-order valence-corrected chi connectivity index (χ0v) is 11.3. The SMILES string of the molecule is CCOC(=O)c1ccc(N(C)c2ccccc2F)nc1. The molecule has 2 aromatic rings. The van der Waals surface area contributed by atoms with Crippen LogP contribution in [-0.2, 0) is 4.74 Å². The normalized spacial score (nSPS) is 10.2. The summed E-state index contributed by atoms with van der Waals surface area (Å²) in [6.45, 7) is 2.06. The first-order chi connectivity index (χ1) is 9.63. The molecule has 0 amide bonds. The number of anilines is 2. The summed E-state index contributed by atoms with van der Waals surface area (Å²) in [5.74, 6) is -0.200. The van der Waals surface area contributed by atoms with Crippen LogP contribution in [-0.4, -0.2) is 24.6 Å². The molecule has 104 valence electrons. The van der Waals surface area contributed by atoms with E-state index in [1.165, 1.54) is 12.3 Å². The minimum absolute atomic E-state index is 0.315. The van der Waals surface area contributed by atoms with Gasteiger partial charge in [0.2, 0.25) is 0 Å². The van der Waals surface area contributed by atoms with Crippen molar-refractivity contribution in [3.63, 3.8) is 0 Å². The van der Waals surface area contributed by atoms with Crippen molar-refractivity contribution in [2.24, 2.45) is 0 Å². The molecule has 0 fully saturated rings. The highest BCUT2D eigenvalue weighted by Crippen LogP contribution is 2.24. The molecule has 0 radical (unpaired) electrons. The number of ether oxygens (including phenoxy) is 1. The molecule has 2 rings (SSSR count). The quantitative estimate of drug-likeness (QED) is 0.803. The fourth-order valence-electron chi connectivity index (χ4n) is 1.77. The number of carbonyl (C=O) groups excluding carboxylic acids is 1. The number of esters is 1. The fraction of sp³-hybridized carbons (Fsp3) is 0.200. The summed E-state index contributed by atoms with van der Waals surface area (Å²) in [5.41, 5.74) is 0.793. The number of benzene rings is 1. The van der Waals surface area contributed by atoms with Crippen LogP contribution in [0.2, 0.25) is 0 Å². The van der Waals surface area contributed by atoms with E-state index >= 15 is 0 Å². The molecule has 0 saturated heterocycles. The van der Waals surface area contributed by atoms with E-state index in [2.05, 4.69) is 4.98 Å². The van der Waals surface area contributed by atoms with Crippen molar-refractivity contribution >= 4 is 17.5 Å². The maximum Gasteiger partial charge on any atom is 0.339 e. The van der Waals surface area contributed by atoms with Crippen molar-refractivity contribution in [2.45, 2.75) is 6.92 Å². The summed E-state index contributed by atoms with van der Waals surface area (Å²) in [7, 11) is 1.71. The van der Waals surface area contributed by atoms with Gasteiger partial charge in [-0.3, -0.25) is 0 Å². The van der Waals surface area contributed by atoms with Gasteiger partial charge < -0.3 is 9.64 Å². The second-order valence-electron chi connectivity index (χ2n) is 4.14. The molecule has 0 aliphatic carbocycles. The van der Waals surface area contributed by atoms with Crippen LogP contribution >= 0.6 is 0 Å². The van der Waals surface area contributed by atoms with Gasteiger partial charge in [-0.2, -0.15) is 0 Å². The van der Waals surface area contributed by atoms with E-state index in [1.54, 1.807) is 49.2 Å². The first-order valence-corrected chi connectivity index (χ1v) is 6.25. The van der Waals surface area contributed by atoms with E-state index in [4.69, 9.17) is 4.74 Å². The lowest BCUT2D eigenvalue weighted by atomic mass is 10.2. The molecule has 1 heterocycles. The Balaban J connectivity index is 2.22. The Kier molecular flexibility index (Phi) is 4.30. The van der Waals surface area contributed by atoms with Crippen molar-refractivity contribution in [2.75, 3.05) is 18.6 Å². The molecule has 1 aromatic heterocycles. The fourth-order valence-corrected chi connectivity index (χ4v) is 1.77. The van der Waals surface area contributed by atoms with E-state index in [0.29, 0.717) is 23.7 Å². The molecule has 0 atom stereocenters. The number of hydrogen-bond acceptors (Lipinski definition) is 4. The van der Waals surface area contributed by atoms with Crippen molar-refractivity contribution in [3.8, 4) is 0 Å². The van der Waals surface area contributed by atoms with Crippen LogP contribution in [0, 0.1) is 5.82 Å². The lowest BCUT2D eigenvalue weighted by Gasteiger charge is -2.18. The van der Waals surface area contributed by atoms with Gasteiger partial charge in [0.15, 0.2) is 0 Å². The summed E-state index contributed by atoms with van der Waals surface area (Å²) in [5, 5.41) is 0. The summed E-state index contributed by atoms with van der Waals surface area (Å²) in [6, 6.07) is 9.69. The summed E-state index contributed by atoms with van der Waals surface area (Å²) < 4.78 is 18.6. The van der Waals surface area contributed by atoms with Gasteiger partial charge in [0.1, 0.15) is 11.6 Å². The molecule has 20 heavy (non-hydrogen) atoms. The Bertz CT molecular complexity index is 599. The van der Waals surface area contributed by atoms with E-state index in [1.807, 2.05) is 0 Å². The first-order valence-electron chi connectivity index (χ1n) is 6.25. The van der Waals surface area contributed by atoms with Gasteiger partial charge in [-0.05, 0) is 31.2 Å². The molecule has 1 aromatic carbocycles. The average Bonchev–Trinajstić information content (AvgIpc) is 2.47. The van der Waals surface area contributed by atoms with Gasteiger partial charge >= 0.3 is 5.97 Å². The smallest absolute Gasteiger partial charge is 0.339 e. The minimum atomic E-state index is -0.417. The Labute approximate surface area is 116 Å². The van der Waals surface area contributed by atoms with Crippen LogP contribution in [0.15, 0.2) is 42.6 Å². The number of hydrogen-bond donors (Lipinski definition) is 0. The maximum absolute atomic E-state index is 13.7. The van der Waals surface area contributed by atoms with Gasteiger partial charge in [-0.25, -0.2) is 14.2 Å². The molecular weight excluding hydrogens is 259 g/mol. The van der Waals surface area contributed by atoms with Crippen LogP contribution in [0.3, 0.4) is 0 Å². The van der Waals surface area contributed by atoms with Gasteiger partial charge in [-0.1, -0.05) is 12.1 Å². The average molecular weight is 274 g/mol. The molecule has 0 spiro atoms. The third-order valence-electron chi connectivity index (χ3n) is 2.82. The van der Waals surface area contributed by atoms with Gasteiger partial charge in [0.25, 0.3) is 0 Å². The van der Waals surface area contributed by atoms with E-state index < -0.39 is 5.97 Å². The largest absolute Gasteiger partial charge is 0.462 e. The maximum atomic E-state index is 13.7. The van der Waals surface area contributed by atoms with Crippen LogP contribution in [0.4, 0.5) is 15.9 Å². The Morgan fingerprint density at radius 3 is 2.65 bits per heavy atom. The van der Waals surface area contributed by atoms with Crippen LogP contribution in [0.25, 0.3) is 0 Å². The van der Waals surface area contributed by atoms with Gasteiger partial charge in [0.05, 0.1) is 17.9 Å². The van der Waals surface area contributed by atoms with Crippen molar-refractivity contribution in [1.29, 1.82) is 0 Å². The first kappa shape index (κ1) is 14.0. The highest BCUT2D eigenvalue weighted by molar-refractivity contribution is 5.89. The minimum Gasteiger partial charge on any atom is -0.462 e. The van der Waals surface area contributed by atoms with E-state index in [9.17, 15) is 9.18 Å². The standard InChI is InChI=1S/C15H15FN2O2/c1-3-20-15(19)11-8-9-14(17-10-11)18(2)13-7-5-4-6-12(13)16/h4-10H,3H2,1-2H3. The summed E-state index contributed by atoms with van der Waals surface area (Å²) in [4.78, 5) is 17.3. The Morgan fingerprint density at radius 2 is 2.05 bits per heavy atom. The number of nitrogens with zero attached hydrogens (tertiary/aromatic N) is 2. The van der Waals surface area contributed by atoms with Crippen LogP contribution in [0.1, 0.15) is 17.3 Å². The second kappa shape index (κ2) is 6.14. The highest BCUT2D eigenvalue weighted by atomic mass is 19.1. The van der Waals surface area contributed by atoms with Crippen molar-refractivity contribution in [3.05, 3.63) is 54.0 Å². The summed E-state index contributed by atoms with van der Waals surface area (Å²) in [6.07, 6.45) is 1.42. The van der Waals surface area contributed by atoms with Gasteiger partial charge in [0, 0.05) is 13.2 Å². The number of rotatable bonds is 4. The molecule has 0 saturated carbocycles. The van der Waals surface area contributed by atoms with Crippen LogP contribution < -0.4 is 4.90 Å². The van der Waals surface area contributed by atoms with Crippen LogP contribution in [0.5, 0.6) is 0 Å². The second-order valence-corrected chi connectivity index (χ2v) is 4.14. The number of halogens is 1. The number of carbonyl (C=O) groups is 1. The van der Waals surface area contributed by atoms with E-state index in [0.717, 1.165) is 0 Å². The Hall–Kier alpha value is -2.43. The zero-order valence-electron chi connectivity index (χ0n) is 11.3. The highest BCUT2D eigenvalue weighted by Gasteiger charge is 2.11. The predicted octanol–water partition coefficient (Wildman–Crippen LogP) is 3.17. The van der Waals surface area contributed by atoms with Crippen molar-refractivity contribution in [1.82, 2.24) is 4.98 Å². The van der Waals surface area contributed by atoms with Gasteiger partial charge in [-0.15, -0.1) is 0 Å².